The Kier molecular flexibility index (Phi) is 2.69. The van der Waals surface area contributed by atoms with Crippen molar-refractivity contribution in [1.29, 1.82) is 5.26 Å². The van der Waals surface area contributed by atoms with E-state index in [4.69, 9.17) is 5.26 Å². The van der Waals surface area contributed by atoms with Gasteiger partial charge in [-0.25, -0.2) is 9.67 Å². The fourth-order valence-corrected chi connectivity index (χ4v) is 1.69. The molecule has 0 radical (unpaired) electrons. The third-order valence-corrected chi connectivity index (χ3v) is 2.57. The number of nitrogens with zero attached hydrogens (tertiary/aromatic N) is 4. The van der Waals surface area contributed by atoms with Crippen LogP contribution in [0.5, 0.6) is 0 Å². The zero-order valence-corrected chi connectivity index (χ0v) is 9.31. The number of rotatable bonds is 2. The lowest BCUT2D eigenvalue weighted by Crippen LogP contribution is -2.05. The number of pyridine rings is 1. The van der Waals surface area contributed by atoms with Gasteiger partial charge in [0.15, 0.2) is 5.82 Å². The van der Waals surface area contributed by atoms with E-state index in [0.29, 0.717) is 5.69 Å². The van der Waals surface area contributed by atoms with Crippen LogP contribution in [0.1, 0.15) is 23.7 Å². The molecule has 4 heteroatoms. The van der Waals surface area contributed by atoms with Crippen LogP contribution < -0.4 is 0 Å². The molecule has 2 aromatic rings. The first kappa shape index (κ1) is 10.4. The Morgan fingerprint density at radius 2 is 2.31 bits per heavy atom. The van der Waals surface area contributed by atoms with Crippen molar-refractivity contribution in [2.75, 3.05) is 0 Å². The maximum Gasteiger partial charge on any atom is 0.158 e. The van der Waals surface area contributed by atoms with Gasteiger partial charge in [0.1, 0.15) is 11.8 Å². The molecule has 0 amide bonds. The van der Waals surface area contributed by atoms with Crippen LogP contribution in [0.4, 0.5) is 0 Å². The molecule has 0 atom stereocenters. The highest BCUT2D eigenvalue weighted by Gasteiger charge is 2.09. The first-order chi connectivity index (χ1) is 7.76. The van der Waals surface area contributed by atoms with Crippen LogP contribution in [0.15, 0.2) is 24.5 Å². The van der Waals surface area contributed by atoms with E-state index in [2.05, 4.69) is 23.1 Å². The minimum absolute atomic E-state index is 0.438. The van der Waals surface area contributed by atoms with E-state index < -0.39 is 0 Å². The molecule has 0 saturated heterocycles. The molecule has 0 aliphatic heterocycles. The Balaban J connectivity index is 2.65. The molecule has 0 bridgehead atoms. The van der Waals surface area contributed by atoms with Crippen molar-refractivity contribution in [3.63, 3.8) is 0 Å². The van der Waals surface area contributed by atoms with Crippen LogP contribution in [0.3, 0.4) is 0 Å². The lowest BCUT2D eigenvalue weighted by atomic mass is 10.1. The Bertz CT molecular complexity index is 535. The van der Waals surface area contributed by atoms with Crippen molar-refractivity contribution < 1.29 is 0 Å². The van der Waals surface area contributed by atoms with Crippen molar-refractivity contribution in [3.05, 3.63) is 41.3 Å². The third kappa shape index (κ3) is 1.68. The fourth-order valence-electron chi connectivity index (χ4n) is 1.69. The molecule has 2 heterocycles. The molecule has 2 aromatic heterocycles. The molecule has 4 nitrogen and oxygen atoms in total. The summed E-state index contributed by atoms with van der Waals surface area (Å²) >= 11 is 0. The molecule has 0 aliphatic carbocycles. The second-order valence-corrected chi connectivity index (χ2v) is 3.53. The smallest absolute Gasteiger partial charge is 0.158 e. The maximum absolute atomic E-state index is 8.93. The SMILES string of the molecule is CCc1cc(C#N)nc(-n2cccn2)c1C. The summed E-state index contributed by atoms with van der Waals surface area (Å²) in [4.78, 5) is 4.28. The van der Waals surface area contributed by atoms with Crippen LogP contribution in [0.25, 0.3) is 5.82 Å². The van der Waals surface area contributed by atoms with Gasteiger partial charge in [-0.3, -0.25) is 0 Å². The van der Waals surface area contributed by atoms with Gasteiger partial charge in [0.25, 0.3) is 0 Å². The average molecular weight is 212 g/mol. The Morgan fingerprint density at radius 3 is 2.88 bits per heavy atom. The monoisotopic (exact) mass is 212 g/mol. The molecule has 0 spiro atoms. The Hall–Kier alpha value is -2.15. The van der Waals surface area contributed by atoms with Crippen LogP contribution in [0, 0.1) is 18.3 Å². The number of nitriles is 1. The molecule has 0 unspecified atom stereocenters. The standard InChI is InChI=1S/C12H12N4/c1-3-10-7-11(8-13)15-12(9(10)2)16-6-4-5-14-16/h4-7H,3H2,1-2H3. The Morgan fingerprint density at radius 1 is 1.50 bits per heavy atom. The summed E-state index contributed by atoms with van der Waals surface area (Å²) in [5, 5.41) is 13.1. The van der Waals surface area contributed by atoms with E-state index in [1.165, 1.54) is 0 Å². The summed E-state index contributed by atoms with van der Waals surface area (Å²) in [6, 6.07) is 5.75. The zero-order chi connectivity index (χ0) is 11.5. The summed E-state index contributed by atoms with van der Waals surface area (Å²) in [7, 11) is 0. The summed E-state index contributed by atoms with van der Waals surface area (Å²) in [5.41, 5.74) is 2.65. The topological polar surface area (TPSA) is 54.5 Å². The second kappa shape index (κ2) is 4.15. The largest absolute Gasteiger partial charge is 0.222 e. The van der Waals surface area contributed by atoms with Crippen molar-refractivity contribution >= 4 is 0 Å². The first-order valence-electron chi connectivity index (χ1n) is 5.17. The summed E-state index contributed by atoms with van der Waals surface area (Å²) < 4.78 is 1.69. The average Bonchev–Trinajstić information content (AvgIpc) is 2.83. The molecule has 0 saturated carbocycles. The van der Waals surface area contributed by atoms with Gasteiger partial charge in [0, 0.05) is 12.4 Å². The van der Waals surface area contributed by atoms with E-state index >= 15 is 0 Å². The molecule has 0 aromatic carbocycles. The quantitative estimate of drug-likeness (QED) is 0.765. The molecular formula is C12H12N4. The molecule has 0 fully saturated rings. The predicted octanol–water partition coefficient (Wildman–Crippen LogP) is 2.01. The molecule has 0 aliphatic rings. The molecule has 80 valence electrons. The van der Waals surface area contributed by atoms with Crippen molar-refractivity contribution in [3.8, 4) is 11.9 Å². The van der Waals surface area contributed by atoms with Crippen LogP contribution >= 0.6 is 0 Å². The second-order valence-electron chi connectivity index (χ2n) is 3.53. The minimum atomic E-state index is 0.438. The first-order valence-corrected chi connectivity index (χ1v) is 5.17. The highest BCUT2D eigenvalue weighted by molar-refractivity contribution is 5.43. The normalized spacial score (nSPS) is 10.1. The van der Waals surface area contributed by atoms with Gasteiger partial charge in [-0.1, -0.05) is 6.92 Å². The van der Waals surface area contributed by atoms with Crippen LogP contribution in [-0.4, -0.2) is 14.8 Å². The zero-order valence-electron chi connectivity index (χ0n) is 9.31. The summed E-state index contributed by atoms with van der Waals surface area (Å²) in [5.74, 6) is 0.737. The fraction of sp³-hybridized carbons (Fsp3) is 0.250. The maximum atomic E-state index is 8.93. The summed E-state index contributed by atoms with van der Waals surface area (Å²) in [6.45, 7) is 4.07. The summed E-state index contributed by atoms with van der Waals surface area (Å²) in [6.07, 6.45) is 4.42. The highest BCUT2D eigenvalue weighted by Crippen LogP contribution is 2.17. The minimum Gasteiger partial charge on any atom is -0.222 e. The van der Waals surface area contributed by atoms with Crippen LogP contribution in [-0.2, 0) is 6.42 Å². The van der Waals surface area contributed by atoms with E-state index in [9.17, 15) is 0 Å². The van der Waals surface area contributed by atoms with Crippen LogP contribution in [0.2, 0.25) is 0 Å². The molecule has 16 heavy (non-hydrogen) atoms. The van der Waals surface area contributed by atoms with E-state index in [1.807, 2.05) is 25.3 Å². The number of hydrogen-bond acceptors (Lipinski definition) is 3. The number of hydrogen-bond donors (Lipinski definition) is 0. The van der Waals surface area contributed by atoms with Gasteiger partial charge in [0.2, 0.25) is 0 Å². The van der Waals surface area contributed by atoms with Gasteiger partial charge >= 0.3 is 0 Å². The molecule has 2 rings (SSSR count). The predicted molar refractivity (Wildman–Crippen MR) is 60.2 cm³/mol. The van der Waals surface area contributed by atoms with E-state index in [-0.39, 0.29) is 0 Å². The van der Waals surface area contributed by atoms with Crippen molar-refractivity contribution in [2.45, 2.75) is 20.3 Å². The number of aromatic nitrogens is 3. The molecule has 0 N–H and O–H groups in total. The number of aryl methyl sites for hydroxylation is 1. The lowest BCUT2D eigenvalue weighted by Gasteiger charge is -2.09. The Labute approximate surface area is 94.2 Å². The van der Waals surface area contributed by atoms with Gasteiger partial charge in [-0.15, -0.1) is 0 Å². The highest BCUT2D eigenvalue weighted by atomic mass is 15.3. The third-order valence-electron chi connectivity index (χ3n) is 2.57. The van der Waals surface area contributed by atoms with Gasteiger partial charge < -0.3 is 0 Å². The van der Waals surface area contributed by atoms with Gasteiger partial charge in [-0.05, 0) is 36.6 Å². The van der Waals surface area contributed by atoms with Crippen molar-refractivity contribution in [2.24, 2.45) is 0 Å². The van der Waals surface area contributed by atoms with Gasteiger partial charge in [-0.2, -0.15) is 10.4 Å². The molecular weight excluding hydrogens is 200 g/mol. The van der Waals surface area contributed by atoms with Crippen molar-refractivity contribution in [1.82, 2.24) is 14.8 Å². The lowest BCUT2D eigenvalue weighted by molar-refractivity contribution is 0.829. The van der Waals surface area contributed by atoms with E-state index in [0.717, 1.165) is 23.4 Å². The van der Waals surface area contributed by atoms with E-state index in [1.54, 1.807) is 10.9 Å². The van der Waals surface area contributed by atoms with Gasteiger partial charge in [0.05, 0.1) is 0 Å².